The molecule has 0 bridgehead atoms. The maximum Gasteiger partial charge on any atom is 0.178 e. The Morgan fingerprint density at radius 2 is 1.76 bits per heavy atom. The van der Waals surface area contributed by atoms with Gasteiger partial charge < -0.3 is 4.90 Å². The Labute approximate surface area is 171 Å². The van der Waals surface area contributed by atoms with Gasteiger partial charge in [0.15, 0.2) is 11.5 Å². The highest BCUT2D eigenvalue weighted by Crippen LogP contribution is 2.22. The van der Waals surface area contributed by atoms with Gasteiger partial charge >= 0.3 is 0 Å². The SMILES string of the molecule is CC(C)(C)c1nnc2ccc(N3CCCN(Cc4ccc(C#N)cc4)CC3)nn12. The molecule has 1 saturated heterocycles. The van der Waals surface area contributed by atoms with Crippen molar-refractivity contribution >= 4 is 11.5 Å². The van der Waals surface area contributed by atoms with Crippen LogP contribution in [0.15, 0.2) is 36.4 Å². The van der Waals surface area contributed by atoms with E-state index in [0.29, 0.717) is 5.56 Å². The summed E-state index contributed by atoms with van der Waals surface area (Å²) in [4.78, 5) is 4.82. The molecule has 0 atom stereocenters. The highest BCUT2D eigenvalue weighted by Gasteiger charge is 2.23. The van der Waals surface area contributed by atoms with Gasteiger partial charge in [-0.25, -0.2) is 0 Å². The Bertz CT molecular complexity index is 1020. The van der Waals surface area contributed by atoms with Crippen LogP contribution in [0.4, 0.5) is 5.82 Å². The van der Waals surface area contributed by atoms with Crippen molar-refractivity contribution in [3.8, 4) is 6.07 Å². The van der Waals surface area contributed by atoms with Crippen LogP contribution in [0.25, 0.3) is 5.65 Å². The number of rotatable bonds is 3. The minimum Gasteiger partial charge on any atom is -0.354 e. The van der Waals surface area contributed by atoms with E-state index in [-0.39, 0.29) is 5.41 Å². The zero-order valence-electron chi connectivity index (χ0n) is 17.3. The lowest BCUT2D eigenvalue weighted by atomic mass is 9.96. The molecule has 0 aliphatic carbocycles. The van der Waals surface area contributed by atoms with E-state index >= 15 is 0 Å². The van der Waals surface area contributed by atoms with Crippen molar-refractivity contribution in [2.75, 3.05) is 31.1 Å². The molecule has 2 aromatic heterocycles. The van der Waals surface area contributed by atoms with E-state index in [9.17, 15) is 0 Å². The smallest absolute Gasteiger partial charge is 0.178 e. The van der Waals surface area contributed by atoms with E-state index in [1.165, 1.54) is 5.56 Å². The van der Waals surface area contributed by atoms with Gasteiger partial charge in [0.1, 0.15) is 5.82 Å². The van der Waals surface area contributed by atoms with Crippen LogP contribution in [0.3, 0.4) is 0 Å². The van der Waals surface area contributed by atoms with Gasteiger partial charge in [-0.05, 0) is 36.2 Å². The van der Waals surface area contributed by atoms with Crippen LogP contribution in [0.2, 0.25) is 0 Å². The summed E-state index contributed by atoms with van der Waals surface area (Å²) in [6.07, 6.45) is 1.09. The summed E-state index contributed by atoms with van der Waals surface area (Å²) >= 11 is 0. The molecule has 0 N–H and O–H groups in total. The fraction of sp³-hybridized carbons (Fsp3) is 0.455. The van der Waals surface area contributed by atoms with Gasteiger partial charge in [0.25, 0.3) is 0 Å². The molecule has 4 rings (SSSR count). The van der Waals surface area contributed by atoms with E-state index in [0.717, 1.165) is 56.4 Å². The molecular formula is C22H27N7. The maximum atomic E-state index is 8.96. The summed E-state index contributed by atoms with van der Waals surface area (Å²) in [5.41, 5.74) is 2.63. The largest absolute Gasteiger partial charge is 0.354 e. The summed E-state index contributed by atoms with van der Waals surface area (Å²) in [6, 6.07) is 14.1. The molecule has 3 heterocycles. The highest BCUT2D eigenvalue weighted by molar-refractivity contribution is 5.46. The van der Waals surface area contributed by atoms with Crippen molar-refractivity contribution < 1.29 is 0 Å². The van der Waals surface area contributed by atoms with Gasteiger partial charge in [0.2, 0.25) is 0 Å². The molecule has 0 spiro atoms. The van der Waals surface area contributed by atoms with Crippen molar-refractivity contribution in [2.45, 2.75) is 39.2 Å². The maximum absolute atomic E-state index is 8.96. The van der Waals surface area contributed by atoms with Gasteiger partial charge in [-0.3, -0.25) is 4.90 Å². The summed E-state index contributed by atoms with van der Waals surface area (Å²) in [6.45, 7) is 11.2. The third-order valence-electron chi connectivity index (χ3n) is 5.32. The molecule has 150 valence electrons. The number of hydrogen-bond acceptors (Lipinski definition) is 6. The van der Waals surface area contributed by atoms with E-state index < -0.39 is 0 Å². The van der Waals surface area contributed by atoms with Gasteiger partial charge in [-0.15, -0.1) is 15.3 Å². The second-order valence-electron chi connectivity index (χ2n) is 8.66. The number of fused-ring (bicyclic) bond motifs is 1. The Balaban J connectivity index is 1.47. The summed E-state index contributed by atoms with van der Waals surface area (Å²) in [5, 5.41) is 22.4. The first-order chi connectivity index (χ1) is 13.9. The first-order valence-electron chi connectivity index (χ1n) is 10.1. The van der Waals surface area contributed by atoms with E-state index in [2.05, 4.69) is 59.0 Å². The molecule has 1 aromatic carbocycles. The fourth-order valence-corrected chi connectivity index (χ4v) is 3.72. The van der Waals surface area contributed by atoms with Gasteiger partial charge in [0.05, 0.1) is 11.6 Å². The molecule has 29 heavy (non-hydrogen) atoms. The molecule has 7 heteroatoms. The molecule has 1 aliphatic heterocycles. The quantitative estimate of drug-likeness (QED) is 0.686. The Morgan fingerprint density at radius 1 is 0.966 bits per heavy atom. The number of benzene rings is 1. The molecule has 0 unspecified atom stereocenters. The third-order valence-corrected chi connectivity index (χ3v) is 5.32. The topological polar surface area (TPSA) is 73.3 Å². The summed E-state index contributed by atoms with van der Waals surface area (Å²) in [5.74, 6) is 1.86. The van der Waals surface area contributed by atoms with Crippen LogP contribution in [0, 0.1) is 11.3 Å². The van der Waals surface area contributed by atoms with Crippen LogP contribution < -0.4 is 4.90 Å². The number of hydrogen-bond donors (Lipinski definition) is 0. The van der Waals surface area contributed by atoms with Crippen molar-refractivity contribution in [1.82, 2.24) is 24.7 Å². The van der Waals surface area contributed by atoms with Crippen LogP contribution in [0.5, 0.6) is 0 Å². The first-order valence-corrected chi connectivity index (χ1v) is 10.1. The van der Waals surface area contributed by atoms with Crippen LogP contribution in [-0.2, 0) is 12.0 Å². The van der Waals surface area contributed by atoms with Gasteiger partial charge in [0, 0.05) is 38.1 Å². The average Bonchev–Trinajstić information content (AvgIpc) is 3.01. The van der Waals surface area contributed by atoms with Crippen molar-refractivity contribution in [3.05, 3.63) is 53.3 Å². The normalized spacial score (nSPS) is 16.0. The van der Waals surface area contributed by atoms with E-state index in [1.54, 1.807) is 0 Å². The lowest BCUT2D eigenvalue weighted by Crippen LogP contribution is -2.31. The minimum absolute atomic E-state index is 0.109. The summed E-state index contributed by atoms with van der Waals surface area (Å²) < 4.78 is 1.88. The Hall–Kier alpha value is -2.98. The van der Waals surface area contributed by atoms with Crippen molar-refractivity contribution in [2.24, 2.45) is 0 Å². The zero-order chi connectivity index (χ0) is 20.4. The molecule has 0 radical (unpaired) electrons. The zero-order valence-corrected chi connectivity index (χ0v) is 17.3. The monoisotopic (exact) mass is 389 g/mol. The predicted octanol–water partition coefficient (Wildman–Crippen LogP) is 3.01. The van der Waals surface area contributed by atoms with Crippen molar-refractivity contribution in [3.63, 3.8) is 0 Å². The molecular weight excluding hydrogens is 362 g/mol. The lowest BCUT2D eigenvalue weighted by Gasteiger charge is -2.23. The number of nitrogens with zero attached hydrogens (tertiary/aromatic N) is 7. The molecule has 1 fully saturated rings. The number of aromatic nitrogens is 4. The second kappa shape index (κ2) is 7.80. The van der Waals surface area contributed by atoms with Gasteiger partial charge in [-0.1, -0.05) is 32.9 Å². The molecule has 0 saturated carbocycles. The lowest BCUT2D eigenvalue weighted by molar-refractivity contribution is 0.285. The van der Waals surface area contributed by atoms with Crippen LogP contribution in [-0.4, -0.2) is 50.9 Å². The Kier molecular flexibility index (Phi) is 5.20. The predicted molar refractivity (Wildman–Crippen MR) is 113 cm³/mol. The van der Waals surface area contributed by atoms with Crippen LogP contribution >= 0.6 is 0 Å². The van der Waals surface area contributed by atoms with Gasteiger partial charge in [-0.2, -0.15) is 9.78 Å². The highest BCUT2D eigenvalue weighted by atomic mass is 15.4. The van der Waals surface area contributed by atoms with Crippen LogP contribution in [0.1, 0.15) is 44.1 Å². The first kappa shape index (κ1) is 19.3. The summed E-state index contributed by atoms with van der Waals surface area (Å²) in [7, 11) is 0. The molecule has 3 aromatic rings. The fourth-order valence-electron chi connectivity index (χ4n) is 3.72. The standard InChI is InChI=1S/C22H27N7/c1-22(2,3)21-25-24-19-9-10-20(26-29(19)21)28-12-4-11-27(13-14-28)16-18-7-5-17(15-23)6-8-18/h5-10H,4,11-14,16H2,1-3H3. The Morgan fingerprint density at radius 3 is 2.48 bits per heavy atom. The molecule has 0 amide bonds. The average molecular weight is 390 g/mol. The van der Waals surface area contributed by atoms with E-state index in [4.69, 9.17) is 10.4 Å². The van der Waals surface area contributed by atoms with E-state index in [1.807, 2.05) is 28.8 Å². The second-order valence-corrected chi connectivity index (χ2v) is 8.66. The number of anilines is 1. The van der Waals surface area contributed by atoms with Crippen molar-refractivity contribution in [1.29, 1.82) is 5.26 Å². The number of nitriles is 1. The minimum atomic E-state index is -0.109. The third kappa shape index (κ3) is 4.22. The molecule has 7 nitrogen and oxygen atoms in total. The molecule has 1 aliphatic rings.